The summed E-state index contributed by atoms with van der Waals surface area (Å²) in [4.78, 5) is 36.7. The van der Waals surface area contributed by atoms with Crippen molar-refractivity contribution in [2.24, 2.45) is 5.92 Å². The first-order chi connectivity index (χ1) is 13.2. The monoisotopic (exact) mass is 390 g/mol. The second-order valence-corrected chi connectivity index (χ2v) is 7.13. The van der Waals surface area contributed by atoms with E-state index >= 15 is 0 Å². The molecule has 2 N–H and O–H groups in total. The summed E-state index contributed by atoms with van der Waals surface area (Å²) in [5.41, 5.74) is 1.57. The molecule has 0 aliphatic heterocycles. The number of rotatable bonds is 10. The number of carbonyl (C=O) groups excluding carboxylic acids is 3. The second-order valence-electron chi connectivity index (χ2n) is 7.13. The van der Waals surface area contributed by atoms with Gasteiger partial charge in [-0.05, 0) is 31.2 Å². The van der Waals surface area contributed by atoms with Crippen LogP contribution in [0.2, 0.25) is 0 Å². The normalized spacial score (nSPS) is 12.6. The molecule has 1 rings (SSSR count). The Labute approximate surface area is 166 Å². The molecule has 2 amide bonds. The standard InChI is InChI=1S/C21H30N2O5/c1-14(2)11-17(19(24)22-18(12-15(3)4)20(25)27-5)23-21(26)28-13-16-9-7-6-8-10-16/h6-10,14,17-18H,3,11-13H2,1-2,4-5H3,(H,22,24)(H,23,26)/t17-,18+/m0/s1. The fourth-order valence-electron chi connectivity index (χ4n) is 2.57. The third-order valence-corrected chi connectivity index (χ3v) is 3.88. The molecule has 0 bridgehead atoms. The molecule has 1 aromatic carbocycles. The highest BCUT2D eigenvalue weighted by Gasteiger charge is 2.28. The molecule has 0 radical (unpaired) electrons. The maximum Gasteiger partial charge on any atom is 0.408 e. The lowest BCUT2D eigenvalue weighted by Crippen LogP contribution is -2.52. The van der Waals surface area contributed by atoms with E-state index in [0.29, 0.717) is 6.42 Å². The van der Waals surface area contributed by atoms with Crippen LogP contribution < -0.4 is 10.6 Å². The van der Waals surface area contributed by atoms with Gasteiger partial charge in [0.1, 0.15) is 18.7 Å². The Kier molecular flexibility index (Phi) is 9.78. The van der Waals surface area contributed by atoms with Gasteiger partial charge in [-0.2, -0.15) is 0 Å². The SMILES string of the molecule is C=C(C)C[C@@H](NC(=O)[C@H](CC(C)C)NC(=O)OCc1ccccc1)C(=O)OC. The third-order valence-electron chi connectivity index (χ3n) is 3.88. The van der Waals surface area contributed by atoms with Crippen LogP contribution in [0.25, 0.3) is 0 Å². The molecule has 28 heavy (non-hydrogen) atoms. The summed E-state index contributed by atoms with van der Waals surface area (Å²) in [5, 5.41) is 5.23. The average molecular weight is 390 g/mol. The van der Waals surface area contributed by atoms with Gasteiger partial charge in [0.2, 0.25) is 5.91 Å². The van der Waals surface area contributed by atoms with Crippen LogP contribution >= 0.6 is 0 Å². The Morgan fingerprint density at radius 3 is 2.25 bits per heavy atom. The topological polar surface area (TPSA) is 93.7 Å². The summed E-state index contributed by atoms with van der Waals surface area (Å²) in [6.45, 7) is 9.49. The number of carbonyl (C=O) groups is 3. The van der Waals surface area contributed by atoms with Crippen molar-refractivity contribution in [3.05, 3.63) is 48.0 Å². The number of ether oxygens (including phenoxy) is 2. The number of hydrogen-bond acceptors (Lipinski definition) is 5. The van der Waals surface area contributed by atoms with E-state index in [0.717, 1.165) is 11.1 Å². The predicted octanol–water partition coefficient (Wildman–Crippen LogP) is 2.95. The second kappa shape index (κ2) is 11.8. The van der Waals surface area contributed by atoms with Crippen molar-refractivity contribution < 1.29 is 23.9 Å². The Morgan fingerprint density at radius 1 is 1.07 bits per heavy atom. The maximum atomic E-state index is 12.7. The molecule has 7 heteroatoms. The van der Waals surface area contributed by atoms with Crippen molar-refractivity contribution in [3.63, 3.8) is 0 Å². The quantitative estimate of drug-likeness (QED) is 0.473. The molecule has 0 heterocycles. The van der Waals surface area contributed by atoms with E-state index < -0.39 is 30.1 Å². The van der Waals surface area contributed by atoms with E-state index in [4.69, 9.17) is 9.47 Å². The van der Waals surface area contributed by atoms with E-state index in [-0.39, 0.29) is 18.9 Å². The Balaban J connectivity index is 2.73. The van der Waals surface area contributed by atoms with Crippen molar-refractivity contribution in [2.75, 3.05) is 7.11 Å². The lowest BCUT2D eigenvalue weighted by Gasteiger charge is -2.23. The number of nitrogens with one attached hydrogen (secondary N) is 2. The number of methoxy groups -OCH3 is 1. The largest absolute Gasteiger partial charge is 0.467 e. The van der Waals surface area contributed by atoms with Gasteiger partial charge < -0.3 is 20.1 Å². The average Bonchev–Trinajstić information content (AvgIpc) is 2.64. The van der Waals surface area contributed by atoms with Crippen molar-refractivity contribution >= 4 is 18.0 Å². The van der Waals surface area contributed by atoms with Gasteiger partial charge in [-0.15, -0.1) is 6.58 Å². The minimum Gasteiger partial charge on any atom is -0.467 e. The zero-order valence-corrected chi connectivity index (χ0v) is 17.0. The fourth-order valence-corrected chi connectivity index (χ4v) is 2.57. The van der Waals surface area contributed by atoms with Gasteiger partial charge in [-0.3, -0.25) is 4.79 Å². The summed E-state index contributed by atoms with van der Waals surface area (Å²) in [5.74, 6) is -0.892. The van der Waals surface area contributed by atoms with E-state index in [1.165, 1.54) is 7.11 Å². The van der Waals surface area contributed by atoms with Crippen molar-refractivity contribution in [1.29, 1.82) is 0 Å². The minimum absolute atomic E-state index is 0.100. The Hall–Kier alpha value is -2.83. The van der Waals surface area contributed by atoms with Crippen LogP contribution in [0.15, 0.2) is 42.5 Å². The molecule has 0 aliphatic rings. The van der Waals surface area contributed by atoms with Gasteiger partial charge in [-0.25, -0.2) is 9.59 Å². The molecule has 154 valence electrons. The first-order valence-electron chi connectivity index (χ1n) is 9.22. The number of esters is 1. The molecule has 0 aliphatic carbocycles. The zero-order chi connectivity index (χ0) is 21.1. The van der Waals surface area contributed by atoms with Gasteiger partial charge >= 0.3 is 12.1 Å². The van der Waals surface area contributed by atoms with Crippen LogP contribution in [0.5, 0.6) is 0 Å². The molecule has 1 aromatic rings. The summed E-state index contributed by atoms with van der Waals surface area (Å²) in [7, 11) is 1.25. The van der Waals surface area contributed by atoms with Gasteiger partial charge in [-0.1, -0.05) is 49.8 Å². The van der Waals surface area contributed by atoms with Gasteiger partial charge in [0.05, 0.1) is 7.11 Å². The van der Waals surface area contributed by atoms with Crippen LogP contribution in [0.1, 0.15) is 39.2 Å². The lowest BCUT2D eigenvalue weighted by atomic mass is 10.0. The molecule has 0 spiro atoms. The Morgan fingerprint density at radius 2 is 1.71 bits per heavy atom. The molecule has 0 fully saturated rings. The number of amides is 2. The van der Waals surface area contributed by atoms with E-state index in [1.807, 2.05) is 44.2 Å². The van der Waals surface area contributed by atoms with Crippen LogP contribution in [0.4, 0.5) is 4.79 Å². The number of benzene rings is 1. The Bertz CT molecular complexity index is 673. The lowest BCUT2D eigenvalue weighted by molar-refractivity contribution is -0.145. The van der Waals surface area contributed by atoms with Gasteiger partial charge in [0.15, 0.2) is 0 Å². The molecule has 0 saturated carbocycles. The molecular formula is C21H30N2O5. The van der Waals surface area contributed by atoms with Crippen LogP contribution in [0.3, 0.4) is 0 Å². The number of hydrogen-bond donors (Lipinski definition) is 2. The number of alkyl carbamates (subject to hydrolysis) is 1. The highest BCUT2D eigenvalue weighted by molar-refractivity contribution is 5.89. The fraction of sp³-hybridized carbons (Fsp3) is 0.476. The summed E-state index contributed by atoms with van der Waals surface area (Å²) < 4.78 is 9.93. The molecule has 0 saturated heterocycles. The third kappa shape index (κ3) is 8.70. The predicted molar refractivity (Wildman–Crippen MR) is 106 cm³/mol. The highest BCUT2D eigenvalue weighted by atomic mass is 16.5. The zero-order valence-electron chi connectivity index (χ0n) is 17.0. The van der Waals surface area contributed by atoms with Gasteiger partial charge in [0, 0.05) is 0 Å². The first kappa shape index (κ1) is 23.2. The van der Waals surface area contributed by atoms with E-state index in [1.54, 1.807) is 6.92 Å². The molecule has 7 nitrogen and oxygen atoms in total. The van der Waals surface area contributed by atoms with Crippen LogP contribution in [-0.4, -0.2) is 37.2 Å². The molecule has 2 atom stereocenters. The molecular weight excluding hydrogens is 360 g/mol. The summed E-state index contributed by atoms with van der Waals surface area (Å²) >= 11 is 0. The van der Waals surface area contributed by atoms with E-state index in [9.17, 15) is 14.4 Å². The van der Waals surface area contributed by atoms with Gasteiger partial charge in [0.25, 0.3) is 0 Å². The minimum atomic E-state index is -0.855. The summed E-state index contributed by atoms with van der Waals surface area (Å²) in [6.07, 6.45) is -0.0439. The van der Waals surface area contributed by atoms with Crippen molar-refractivity contribution in [3.8, 4) is 0 Å². The maximum absolute atomic E-state index is 12.7. The van der Waals surface area contributed by atoms with Crippen LogP contribution in [-0.2, 0) is 25.7 Å². The first-order valence-corrected chi connectivity index (χ1v) is 9.22. The molecule has 0 aromatic heterocycles. The highest BCUT2D eigenvalue weighted by Crippen LogP contribution is 2.09. The smallest absolute Gasteiger partial charge is 0.408 e. The van der Waals surface area contributed by atoms with Crippen LogP contribution in [0, 0.1) is 5.92 Å². The molecule has 0 unspecified atom stereocenters. The summed E-state index contributed by atoms with van der Waals surface area (Å²) in [6, 6.07) is 7.55. The van der Waals surface area contributed by atoms with Crippen molar-refractivity contribution in [2.45, 2.75) is 52.3 Å². The van der Waals surface area contributed by atoms with E-state index in [2.05, 4.69) is 17.2 Å². The van der Waals surface area contributed by atoms with Crippen molar-refractivity contribution in [1.82, 2.24) is 10.6 Å².